The van der Waals surface area contributed by atoms with Crippen LogP contribution in [0.3, 0.4) is 0 Å². The average molecular weight is 711 g/mol. The van der Waals surface area contributed by atoms with E-state index >= 15 is 0 Å². The summed E-state index contributed by atoms with van der Waals surface area (Å²) in [6.07, 6.45) is -3.56. The van der Waals surface area contributed by atoms with Crippen LogP contribution in [0.5, 0.6) is 11.5 Å². The second kappa shape index (κ2) is 16.8. The summed E-state index contributed by atoms with van der Waals surface area (Å²) in [5.41, 5.74) is -0.858. The summed E-state index contributed by atoms with van der Waals surface area (Å²) in [7, 11) is 0. The molecule has 278 valence electrons. The van der Waals surface area contributed by atoms with Gasteiger partial charge in [-0.2, -0.15) is 0 Å². The van der Waals surface area contributed by atoms with E-state index in [0.29, 0.717) is 38.0 Å². The standard InChI is InChI=1S/C39H50O12/c1-22(28-13-16-49-21-25(28)9-6-15-40)12-14-39(48)31(20-41)51-38(35(44)36(39)45)50-30-19-27(37(46)47)18-26-17-23(2)32(34(43)33(26)30)29(42)11-10-24-7-4-3-5-8-24/h3-5,7-8,17-19,22,25,28,31,35-36,38,40-41,43-45,48H,6,9-16,20-21H2,1-2H3,(H,46,47)/t22-,25+,28+,31-,35-,36-,38+,39-/m1/s1. The molecule has 0 radical (unpaired) electrons. The summed E-state index contributed by atoms with van der Waals surface area (Å²) in [4.78, 5) is 25.5. The number of aromatic carboxylic acids is 1. The molecule has 5 rings (SSSR count). The summed E-state index contributed by atoms with van der Waals surface area (Å²) in [6.45, 7) is 4.23. The Morgan fingerprint density at radius 1 is 1.10 bits per heavy atom. The fraction of sp³-hybridized carbons (Fsp3) is 0.538. The molecular formula is C39H50O12. The van der Waals surface area contributed by atoms with Crippen LogP contribution in [0.2, 0.25) is 0 Å². The predicted octanol–water partition coefficient (Wildman–Crippen LogP) is 3.76. The third kappa shape index (κ3) is 8.38. The van der Waals surface area contributed by atoms with E-state index < -0.39 is 48.5 Å². The number of carbonyl (C=O) groups is 2. The van der Waals surface area contributed by atoms with Crippen LogP contribution in [-0.2, 0) is 15.9 Å². The van der Waals surface area contributed by atoms with Crippen molar-refractivity contribution >= 4 is 22.5 Å². The number of carboxylic acid groups (broad SMARTS) is 1. The van der Waals surface area contributed by atoms with Gasteiger partial charge in [0.25, 0.3) is 0 Å². The van der Waals surface area contributed by atoms with Crippen molar-refractivity contribution in [3.05, 3.63) is 70.8 Å². The number of carbonyl (C=O) groups excluding carboxylic acids is 1. The number of hydrogen-bond donors (Lipinski definition) is 7. The number of fused-ring (bicyclic) bond motifs is 1. The highest BCUT2D eigenvalue weighted by molar-refractivity contribution is 6.09. The molecule has 0 spiro atoms. The largest absolute Gasteiger partial charge is 0.506 e. The molecule has 2 aliphatic rings. The van der Waals surface area contributed by atoms with Crippen LogP contribution in [0.4, 0.5) is 0 Å². The summed E-state index contributed by atoms with van der Waals surface area (Å²) in [6, 6.07) is 13.4. The maximum Gasteiger partial charge on any atom is 0.335 e. The minimum atomic E-state index is -2.06. The van der Waals surface area contributed by atoms with Crippen molar-refractivity contribution in [2.45, 2.75) is 89.0 Å². The van der Waals surface area contributed by atoms with E-state index in [1.807, 2.05) is 37.3 Å². The predicted molar refractivity (Wildman–Crippen MR) is 187 cm³/mol. The number of phenols is 1. The van der Waals surface area contributed by atoms with E-state index in [9.17, 15) is 45.3 Å². The lowest BCUT2D eigenvalue weighted by molar-refractivity contribution is -0.315. The minimum absolute atomic E-state index is 0.00127. The Morgan fingerprint density at radius 2 is 1.84 bits per heavy atom. The Hall–Kier alpha value is -3.62. The van der Waals surface area contributed by atoms with Crippen molar-refractivity contribution in [1.82, 2.24) is 0 Å². The van der Waals surface area contributed by atoms with Crippen LogP contribution < -0.4 is 4.74 Å². The van der Waals surface area contributed by atoms with Gasteiger partial charge in [0.2, 0.25) is 6.29 Å². The number of ether oxygens (including phenoxy) is 3. The molecule has 12 nitrogen and oxygen atoms in total. The summed E-state index contributed by atoms with van der Waals surface area (Å²) in [5.74, 6) is -1.74. The highest BCUT2D eigenvalue weighted by Gasteiger charge is 2.55. The van der Waals surface area contributed by atoms with Crippen LogP contribution in [0.1, 0.15) is 77.3 Å². The summed E-state index contributed by atoms with van der Waals surface area (Å²) >= 11 is 0. The topological polar surface area (TPSA) is 203 Å². The highest BCUT2D eigenvalue weighted by atomic mass is 16.7. The first-order valence-corrected chi connectivity index (χ1v) is 17.7. The Labute approximate surface area is 297 Å². The van der Waals surface area contributed by atoms with Gasteiger partial charge in [-0.15, -0.1) is 0 Å². The lowest BCUT2D eigenvalue weighted by Crippen LogP contribution is -2.67. The van der Waals surface area contributed by atoms with Gasteiger partial charge in [-0.25, -0.2) is 4.79 Å². The number of benzene rings is 3. The number of carboxylic acids is 1. The van der Waals surface area contributed by atoms with Gasteiger partial charge >= 0.3 is 5.97 Å². The lowest BCUT2D eigenvalue weighted by Gasteiger charge is -2.48. The molecule has 0 aromatic heterocycles. The first kappa shape index (κ1) is 38.6. The Balaban J connectivity index is 1.39. The number of hydrogen-bond acceptors (Lipinski definition) is 11. The third-order valence-electron chi connectivity index (χ3n) is 10.8. The number of ketones is 1. The first-order chi connectivity index (χ1) is 24.4. The van der Waals surface area contributed by atoms with Crippen molar-refractivity contribution in [2.24, 2.45) is 17.8 Å². The van der Waals surface area contributed by atoms with Gasteiger partial charge in [0.1, 0.15) is 35.4 Å². The SMILES string of the molecule is Cc1cc2cc(C(=O)O)cc(O[C@H]3O[C@H](CO)[C@](O)(CC[C@@H](C)[C@@H]4CCOC[C@@H]4CCCO)[C@H](O)[C@H]3O)c2c(O)c1C(=O)CCc1ccccc1. The molecule has 0 saturated carbocycles. The monoisotopic (exact) mass is 710 g/mol. The Morgan fingerprint density at radius 3 is 2.53 bits per heavy atom. The summed E-state index contributed by atoms with van der Waals surface area (Å²) < 4.78 is 17.6. The van der Waals surface area contributed by atoms with Crippen LogP contribution in [0, 0.1) is 24.7 Å². The Kier molecular flexibility index (Phi) is 12.7. The molecule has 0 unspecified atom stereocenters. The smallest absolute Gasteiger partial charge is 0.335 e. The molecule has 2 aliphatic heterocycles. The Bertz CT molecular complexity index is 1660. The average Bonchev–Trinajstić information content (AvgIpc) is 3.12. The normalized spacial score (nSPS) is 27.3. The molecule has 2 fully saturated rings. The first-order valence-electron chi connectivity index (χ1n) is 17.7. The number of aryl methyl sites for hydroxylation is 2. The molecule has 51 heavy (non-hydrogen) atoms. The fourth-order valence-electron chi connectivity index (χ4n) is 7.83. The molecule has 0 aliphatic carbocycles. The van der Waals surface area contributed by atoms with Crippen molar-refractivity contribution < 1.29 is 59.5 Å². The zero-order valence-corrected chi connectivity index (χ0v) is 29.1. The second-order valence-corrected chi connectivity index (χ2v) is 14.1. The molecule has 0 amide bonds. The van der Waals surface area contributed by atoms with E-state index in [1.165, 1.54) is 6.07 Å². The zero-order valence-electron chi connectivity index (χ0n) is 29.1. The maximum absolute atomic E-state index is 13.4. The van der Waals surface area contributed by atoms with Gasteiger partial charge in [-0.1, -0.05) is 43.3 Å². The van der Waals surface area contributed by atoms with Crippen LogP contribution in [0.25, 0.3) is 10.8 Å². The van der Waals surface area contributed by atoms with Gasteiger partial charge < -0.3 is 50.0 Å². The quantitative estimate of drug-likeness (QED) is 0.113. The number of Topliss-reactive ketones (excluding diaryl/α,β-unsaturated/α-hetero) is 1. The summed E-state index contributed by atoms with van der Waals surface area (Å²) in [5, 5.41) is 75.7. The second-order valence-electron chi connectivity index (χ2n) is 14.1. The molecule has 0 bridgehead atoms. The van der Waals surface area contributed by atoms with Crippen LogP contribution >= 0.6 is 0 Å². The number of aliphatic hydroxyl groups excluding tert-OH is 4. The number of rotatable bonds is 15. The van der Waals surface area contributed by atoms with Gasteiger partial charge in [0.15, 0.2) is 5.78 Å². The molecule has 2 saturated heterocycles. The molecule has 2 heterocycles. The molecule has 8 atom stereocenters. The molecule has 7 N–H and O–H groups in total. The van der Waals surface area contributed by atoms with Gasteiger partial charge in [0.05, 0.1) is 23.1 Å². The van der Waals surface area contributed by atoms with Crippen LogP contribution in [0.15, 0.2) is 48.5 Å². The third-order valence-corrected chi connectivity index (χ3v) is 10.8. The highest BCUT2D eigenvalue weighted by Crippen LogP contribution is 2.43. The maximum atomic E-state index is 13.4. The van der Waals surface area contributed by atoms with E-state index in [0.717, 1.165) is 24.5 Å². The van der Waals surface area contributed by atoms with Gasteiger partial charge in [-0.05, 0) is 91.8 Å². The van der Waals surface area contributed by atoms with Crippen molar-refractivity contribution in [1.29, 1.82) is 0 Å². The fourth-order valence-corrected chi connectivity index (χ4v) is 7.83. The molecule has 3 aromatic rings. The van der Waals surface area contributed by atoms with Gasteiger partial charge in [0, 0.05) is 26.2 Å². The van der Waals surface area contributed by atoms with Crippen molar-refractivity contribution in [2.75, 3.05) is 26.4 Å². The van der Waals surface area contributed by atoms with E-state index in [1.54, 1.807) is 13.0 Å². The lowest BCUT2D eigenvalue weighted by atomic mass is 9.72. The number of aliphatic hydroxyl groups is 5. The number of aromatic hydroxyl groups is 1. The van der Waals surface area contributed by atoms with Crippen LogP contribution in [-0.4, -0.2) is 104 Å². The minimum Gasteiger partial charge on any atom is -0.506 e. The van der Waals surface area contributed by atoms with E-state index in [2.05, 4.69) is 0 Å². The zero-order chi connectivity index (χ0) is 36.9. The molecular weight excluding hydrogens is 660 g/mol. The van der Waals surface area contributed by atoms with Crippen molar-refractivity contribution in [3.63, 3.8) is 0 Å². The van der Waals surface area contributed by atoms with E-state index in [4.69, 9.17) is 14.2 Å². The molecule has 3 aromatic carbocycles. The van der Waals surface area contributed by atoms with Gasteiger partial charge in [-0.3, -0.25) is 4.79 Å². The molecule has 12 heteroatoms. The van der Waals surface area contributed by atoms with E-state index in [-0.39, 0.29) is 70.6 Å². The number of phenolic OH excluding ortho intramolecular Hbond substituents is 1. The van der Waals surface area contributed by atoms with Crippen molar-refractivity contribution in [3.8, 4) is 11.5 Å².